The minimum Gasteiger partial charge on any atom is -0.497 e. The number of hydrogen-bond acceptors (Lipinski definition) is 7. The van der Waals surface area contributed by atoms with Crippen LogP contribution in [0.25, 0.3) is 0 Å². The van der Waals surface area contributed by atoms with Crippen molar-refractivity contribution in [3.8, 4) is 11.8 Å². The van der Waals surface area contributed by atoms with Crippen LogP contribution in [-0.4, -0.2) is 42.1 Å². The fourth-order valence-electron chi connectivity index (χ4n) is 3.82. The zero-order valence-corrected chi connectivity index (χ0v) is 19.3. The van der Waals surface area contributed by atoms with Crippen LogP contribution in [0.3, 0.4) is 0 Å². The van der Waals surface area contributed by atoms with E-state index in [1.807, 2.05) is 18.2 Å². The fraction of sp³-hybridized carbons (Fsp3) is 0.333. The van der Waals surface area contributed by atoms with Gasteiger partial charge in [0, 0.05) is 43.3 Å². The standard InChI is InChI=1S/C24H26N6O2S/c1-32-21-7-3-4-18(13-21)14-22-28-24(33-29-22)30-10-8-17(9-11-30)16-26-23(31)27-20-6-2-5-19(12-20)15-25/h2-7,12-13,17H,8-11,14,16H2,1H3,(H2,26,27,31). The molecule has 0 aliphatic carbocycles. The Kier molecular flexibility index (Phi) is 7.37. The second kappa shape index (κ2) is 10.8. The predicted octanol–water partition coefficient (Wildman–Crippen LogP) is 4.05. The van der Waals surface area contributed by atoms with Gasteiger partial charge in [-0.05, 0) is 54.7 Å². The highest BCUT2D eigenvalue weighted by molar-refractivity contribution is 7.09. The number of aromatic nitrogens is 2. The van der Waals surface area contributed by atoms with Gasteiger partial charge < -0.3 is 20.3 Å². The number of hydrogen-bond donors (Lipinski definition) is 2. The molecule has 33 heavy (non-hydrogen) atoms. The maximum Gasteiger partial charge on any atom is 0.319 e. The lowest BCUT2D eigenvalue weighted by Gasteiger charge is -2.31. The number of rotatable bonds is 7. The van der Waals surface area contributed by atoms with E-state index in [0.717, 1.165) is 48.2 Å². The van der Waals surface area contributed by atoms with Crippen LogP contribution in [0, 0.1) is 17.2 Å². The molecule has 0 atom stereocenters. The van der Waals surface area contributed by atoms with Gasteiger partial charge in [0.25, 0.3) is 0 Å². The average molecular weight is 463 g/mol. The number of nitrogens with zero attached hydrogens (tertiary/aromatic N) is 4. The number of ether oxygens (including phenoxy) is 1. The summed E-state index contributed by atoms with van der Waals surface area (Å²) in [6.07, 6.45) is 2.64. The highest BCUT2D eigenvalue weighted by Gasteiger charge is 2.22. The first-order chi connectivity index (χ1) is 16.1. The zero-order valence-electron chi connectivity index (χ0n) is 18.5. The van der Waals surface area contributed by atoms with Gasteiger partial charge in [-0.2, -0.15) is 9.64 Å². The molecular weight excluding hydrogens is 436 g/mol. The third-order valence-corrected chi connectivity index (χ3v) is 6.45. The van der Waals surface area contributed by atoms with Crippen LogP contribution in [0.5, 0.6) is 5.75 Å². The SMILES string of the molecule is COc1cccc(Cc2nsc(N3CCC(CNC(=O)Nc4cccc(C#N)c4)CC3)n2)c1. The third-order valence-electron chi connectivity index (χ3n) is 5.64. The quantitative estimate of drug-likeness (QED) is 0.549. The van der Waals surface area contributed by atoms with Crippen molar-refractivity contribution < 1.29 is 9.53 Å². The average Bonchev–Trinajstić information content (AvgIpc) is 3.31. The Morgan fingerprint density at radius 2 is 2.06 bits per heavy atom. The Bertz CT molecular complexity index is 1130. The van der Waals surface area contributed by atoms with Crippen molar-refractivity contribution in [2.75, 3.05) is 37.0 Å². The second-order valence-corrected chi connectivity index (χ2v) is 8.71. The summed E-state index contributed by atoms with van der Waals surface area (Å²) in [5, 5.41) is 15.7. The molecule has 1 aliphatic rings. The Labute approximate surface area is 197 Å². The Hall–Kier alpha value is -3.64. The highest BCUT2D eigenvalue weighted by atomic mass is 32.1. The maximum absolute atomic E-state index is 12.2. The van der Waals surface area contributed by atoms with Crippen molar-refractivity contribution in [1.29, 1.82) is 5.26 Å². The van der Waals surface area contributed by atoms with E-state index in [1.54, 1.807) is 31.4 Å². The van der Waals surface area contributed by atoms with Gasteiger partial charge in [0.05, 0.1) is 18.7 Å². The van der Waals surface area contributed by atoms with Crippen molar-refractivity contribution in [2.45, 2.75) is 19.3 Å². The maximum atomic E-state index is 12.2. The summed E-state index contributed by atoms with van der Waals surface area (Å²) < 4.78 is 9.82. The Balaban J connectivity index is 1.22. The lowest BCUT2D eigenvalue weighted by molar-refractivity contribution is 0.248. The van der Waals surface area contributed by atoms with E-state index >= 15 is 0 Å². The van der Waals surface area contributed by atoms with Crippen LogP contribution < -0.4 is 20.3 Å². The molecule has 4 rings (SSSR count). The molecule has 2 heterocycles. The van der Waals surface area contributed by atoms with Crippen molar-refractivity contribution in [1.82, 2.24) is 14.7 Å². The number of nitrogens with one attached hydrogen (secondary N) is 2. The van der Waals surface area contributed by atoms with Gasteiger partial charge in [-0.1, -0.05) is 18.2 Å². The molecule has 3 aromatic rings. The van der Waals surface area contributed by atoms with E-state index in [9.17, 15) is 4.79 Å². The molecule has 2 aromatic carbocycles. The lowest BCUT2D eigenvalue weighted by Crippen LogP contribution is -2.39. The monoisotopic (exact) mass is 462 g/mol. The predicted molar refractivity (Wildman–Crippen MR) is 129 cm³/mol. The molecule has 1 aromatic heterocycles. The number of piperidine rings is 1. The summed E-state index contributed by atoms with van der Waals surface area (Å²) in [7, 11) is 1.67. The van der Waals surface area contributed by atoms with E-state index in [-0.39, 0.29) is 6.03 Å². The van der Waals surface area contributed by atoms with Gasteiger partial charge >= 0.3 is 6.03 Å². The number of methoxy groups -OCH3 is 1. The molecule has 1 fully saturated rings. The molecule has 2 amide bonds. The van der Waals surface area contributed by atoms with E-state index < -0.39 is 0 Å². The van der Waals surface area contributed by atoms with Crippen LogP contribution in [0.15, 0.2) is 48.5 Å². The molecule has 2 N–H and O–H groups in total. The van der Waals surface area contributed by atoms with Crippen molar-refractivity contribution >= 4 is 28.4 Å². The molecule has 0 bridgehead atoms. The molecule has 170 valence electrons. The number of nitriles is 1. The molecule has 0 unspecified atom stereocenters. The van der Waals surface area contributed by atoms with E-state index in [0.29, 0.717) is 30.1 Å². The molecule has 0 radical (unpaired) electrons. The molecule has 0 spiro atoms. The molecular formula is C24H26N6O2S. The molecule has 0 saturated carbocycles. The first-order valence-electron chi connectivity index (χ1n) is 10.9. The molecule has 9 heteroatoms. The normalized spacial score (nSPS) is 13.9. The summed E-state index contributed by atoms with van der Waals surface area (Å²) in [5.41, 5.74) is 2.26. The van der Waals surface area contributed by atoms with Crippen LogP contribution in [0.4, 0.5) is 15.6 Å². The van der Waals surface area contributed by atoms with Gasteiger partial charge in [0.2, 0.25) is 5.13 Å². The summed E-state index contributed by atoms with van der Waals surface area (Å²) in [5.74, 6) is 2.08. The summed E-state index contributed by atoms with van der Waals surface area (Å²) in [4.78, 5) is 19.2. The van der Waals surface area contributed by atoms with E-state index in [2.05, 4.69) is 32.0 Å². The third kappa shape index (κ3) is 6.20. The Morgan fingerprint density at radius 3 is 2.85 bits per heavy atom. The molecule has 1 aliphatic heterocycles. The number of carbonyl (C=O) groups is 1. The van der Waals surface area contributed by atoms with Crippen LogP contribution in [0.2, 0.25) is 0 Å². The number of benzene rings is 2. The summed E-state index contributed by atoms with van der Waals surface area (Å²) in [6.45, 7) is 2.41. The number of carbonyl (C=O) groups excluding carboxylic acids is 1. The van der Waals surface area contributed by atoms with Gasteiger partial charge in [-0.15, -0.1) is 0 Å². The van der Waals surface area contributed by atoms with Crippen LogP contribution >= 0.6 is 11.5 Å². The van der Waals surface area contributed by atoms with Crippen molar-refractivity contribution in [3.63, 3.8) is 0 Å². The fourth-order valence-corrected chi connectivity index (χ4v) is 4.55. The first kappa shape index (κ1) is 22.6. The van der Waals surface area contributed by atoms with Crippen molar-refractivity contribution in [2.24, 2.45) is 5.92 Å². The topological polar surface area (TPSA) is 103 Å². The van der Waals surface area contributed by atoms with Gasteiger partial charge in [0.1, 0.15) is 11.6 Å². The minimum absolute atomic E-state index is 0.251. The number of urea groups is 1. The summed E-state index contributed by atoms with van der Waals surface area (Å²) in [6, 6.07) is 16.7. The van der Waals surface area contributed by atoms with Crippen LogP contribution in [-0.2, 0) is 6.42 Å². The Morgan fingerprint density at radius 1 is 1.24 bits per heavy atom. The smallest absolute Gasteiger partial charge is 0.319 e. The molecule has 8 nitrogen and oxygen atoms in total. The van der Waals surface area contributed by atoms with Crippen molar-refractivity contribution in [3.05, 3.63) is 65.5 Å². The van der Waals surface area contributed by atoms with Gasteiger partial charge in [-0.25, -0.2) is 9.78 Å². The van der Waals surface area contributed by atoms with Crippen LogP contribution in [0.1, 0.15) is 29.8 Å². The number of anilines is 2. The first-order valence-corrected chi connectivity index (χ1v) is 11.7. The van der Waals surface area contributed by atoms with E-state index in [1.165, 1.54) is 11.5 Å². The van der Waals surface area contributed by atoms with Gasteiger partial charge in [0.15, 0.2) is 0 Å². The highest BCUT2D eigenvalue weighted by Crippen LogP contribution is 2.25. The summed E-state index contributed by atoms with van der Waals surface area (Å²) >= 11 is 1.44. The molecule has 1 saturated heterocycles. The van der Waals surface area contributed by atoms with Gasteiger partial charge in [-0.3, -0.25) is 0 Å². The largest absolute Gasteiger partial charge is 0.497 e. The minimum atomic E-state index is -0.251. The second-order valence-electron chi connectivity index (χ2n) is 7.98. The number of amides is 2. The lowest BCUT2D eigenvalue weighted by atomic mass is 9.97. The zero-order chi connectivity index (χ0) is 23.0. The van der Waals surface area contributed by atoms with E-state index in [4.69, 9.17) is 15.0 Å².